The molecule has 6 heteroatoms. The first-order valence-electron chi connectivity index (χ1n) is 7.38. The van der Waals surface area contributed by atoms with E-state index in [9.17, 15) is 4.79 Å². The topological polar surface area (TPSA) is 38.8 Å². The van der Waals surface area contributed by atoms with Gasteiger partial charge in [0.1, 0.15) is 10.1 Å². The van der Waals surface area contributed by atoms with Gasteiger partial charge in [0.15, 0.2) is 6.79 Å². The summed E-state index contributed by atoms with van der Waals surface area (Å²) in [5.74, 6) is 1.90. The van der Waals surface area contributed by atoms with Crippen LogP contribution in [0.4, 0.5) is 0 Å². The molecule has 0 spiro atoms. The van der Waals surface area contributed by atoms with Gasteiger partial charge < -0.3 is 9.47 Å². The van der Waals surface area contributed by atoms with Crippen molar-refractivity contribution in [2.24, 2.45) is 0 Å². The summed E-state index contributed by atoms with van der Waals surface area (Å²) in [5.41, 5.74) is 1.25. The molecule has 0 N–H and O–H groups in total. The van der Waals surface area contributed by atoms with Gasteiger partial charge in [-0.2, -0.15) is 0 Å². The summed E-state index contributed by atoms with van der Waals surface area (Å²) in [4.78, 5) is 13.7. The number of methoxy groups -OCH3 is 1. The molecular formula is C16H21NO3S2. The molecule has 1 heterocycles. The fourth-order valence-corrected chi connectivity index (χ4v) is 3.48. The Morgan fingerprint density at radius 2 is 2.09 bits per heavy atom. The summed E-state index contributed by atoms with van der Waals surface area (Å²) in [6.07, 6.45) is 3.44. The molecule has 120 valence electrons. The minimum Gasteiger partial charge on any atom is -0.468 e. The lowest BCUT2D eigenvalue weighted by molar-refractivity contribution is -0.126. The lowest BCUT2D eigenvalue weighted by atomic mass is 10.1. The van der Waals surface area contributed by atoms with E-state index in [1.165, 1.54) is 5.56 Å². The zero-order chi connectivity index (χ0) is 15.8. The molecule has 1 aliphatic rings. The smallest absolute Gasteiger partial charge is 0.228 e. The zero-order valence-electron chi connectivity index (χ0n) is 12.7. The minimum atomic E-state index is 0.165. The van der Waals surface area contributed by atoms with Crippen molar-refractivity contribution in [1.82, 2.24) is 4.90 Å². The molecule has 0 radical (unpaired) electrons. The summed E-state index contributed by atoms with van der Waals surface area (Å²) in [6, 6.07) is 8.00. The van der Waals surface area contributed by atoms with Gasteiger partial charge in [0.2, 0.25) is 5.91 Å². The van der Waals surface area contributed by atoms with Crippen molar-refractivity contribution in [2.45, 2.75) is 25.7 Å². The van der Waals surface area contributed by atoms with Crippen molar-refractivity contribution in [3.05, 3.63) is 29.8 Å². The number of carbonyl (C=O) groups excluding carboxylic acids is 1. The number of hydrogen-bond donors (Lipinski definition) is 0. The van der Waals surface area contributed by atoms with Gasteiger partial charge in [-0.1, -0.05) is 36.1 Å². The lowest BCUT2D eigenvalue weighted by Gasteiger charge is -2.14. The molecular weight excluding hydrogens is 318 g/mol. The lowest BCUT2D eigenvalue weighted by Crippen LogP contribution is -2.30. The van der Waals surface area contributed by atoms with E-state index in [4.69, 9.17) is 21.7 Å². The number of hydrogen-bond acceptors (Lipinski definition) is 5. The van der Waals surface area contributed by atoms with Crippen molar-refractivity contribution < 1.29 is 14.3 Å². The average molecular weight is 339 g/mol. The van der Waals surface area contributed by atoms with E-state index >= 15 is 0 Å². The van der Waals surface area contributed by atoms with Crippen LogP contribution in [0.3, 0.4) is 0 Å². The highest BCUT2D eigenvalue weighted by atomic mass is 32.2. The van der Waals surface area contributed by atoms with Crippen LogP contribution < -0.4 is 4.74 Å². The molecule has 0 unspecified atom stereocenters. The van der Waals surface area contributed by atoms with Crippen LogP contribution in [0.25, 0.3) is 0 Å². The molecule has 1 aromatic rings. The number of nitrogens with zero attached hydrogens (tertiary/aromatic N) is 1. The summed E-state index contributed by atoms with van der Waals surface area (Å²) < 4.78 is 10.9. The number of ether oxygens (including phenoxy) is 2. The molecule has 1 amide bonds. The number of thiocarbonyl (C=S) groups is 1. The van der Waals surface area contributed by atoms with Gasteiger partial charge in [-0.15, -0.1) is 0 Å². The molecule has 22 heavy (non-hydrogen) atoms. The van der Waals surface area contributed by atoms with E-state index in [-0.39, 0.29) is 12.7 Å². The SMILES string of the molecule is COCOc1ccc(CCCCC(=O)N2CCSC2=S)cc1. The predicted molar refractivity (Wildman–Crippen MR) is 93.3 cm³/mol. The molecule has 1 saturated heterocycles. The second-order valence-corrected chi connectivity index (χ2v) is 6.79. The molecule has 1 fully saturated rings. The third-order valence-electron chi connectivity index (χ3n) is 3.43. The standard InChI is InChI=1S/C16H21NO3S2/c1-19-12-20-14-8-6-13(7-9-14)4-2-3-5-15(18)17-10-11-22-16(17)21/h6-9H,2-5,10-12H2,1H3. The van der Waals surface area contributed by atoms with Gasteiger partial charge in [-0.05, 0) is 37.0 Å². The van der Waals surface area contributed by atoms with Crippen molar-refractivity contribution in [3.8, 4) is 5.75 Å². The van der Waals surface area contributed by atoms with Gasteiger partial charge >= 0.3 is 0 Å². The molecule has 0 aromatic heterocycles. The van der Waals surface area contributed by atoms with Gasteiger partial charge in [0, 0.05) is 25.8 Å². The maximum Gasteiger partial charge on any atom is 0.228 e. The Bertz CT molecular complexity index is 505. The normalized spacial score (nSPS) is 14.4. The van der Waals surface area contributed by atoms with Crippen LogP contribution in [0.15, 0.2) is 24.3 Å². The Balaban J connectivity index is 1.66. The molecule has 0 bridgehead atoms. The van der Waals surface area contributed by atoms with Crippen LogP contribution in [-0.4, -0.2) is 41.3 Å². The molecule has 2 rings (SSSR count). The Labute approximate surface area is 141 Å². The molecule has 1 aliphatic heterocycles. The molecule has 0 aliphatic carbocycles. The third kappa shape index (κ3) is 5.26. The minimum absolute atomic E-state index is 0.165. The van der Waals surface area contributed by atoms with Crippen molar-refractivity contribution >= 4 is 34.2 Å². The molecule has 0 atom stereocenters. The molecule has 4 nitrogen and oxygen atoms in total. The second kappa shape index (κ2) is 9.12. The summed E-state index contributed by atoms with van der Waals surface area (Å²) in [5, 5.41) is 0. The van der Waals surface area contributed by atoms with Crippen molar-refractivity contribution in [3.63, 3.8) is 0 Å². The monoisotopic (exact) mass is 339 g/mol. The quantitative estimate of drug-likeness (QED) is 0.413. The van der Waals surface area contributed by atoms with E-state index in [0.29, 0.717) is 6.42 Å². The first kappa shape index (κ1) is 17.2. The van der Waals surface area contributed by atoms with Gasteiger partial charge in [-0.3, -0.25) is 9.69 Å². The highest BCUT2D eigenvalue weighted by Crippen LogP contribution is 2.20. The van der Waals surface area contributed by atoms with Crippen molar-refractivity contribution in [2.75, 3.05) is 26.2 Å². The number of amides is 1. The van der Waals surface area contributed by atoms with E-state index in [1.54, 1.807) is 23.8 Å². The number of benzene rings is 1. The highest BCUT2D eigenvalue weighted by molar-refractivity contribution is 8.23. The largest absolute Gasteiger partial charge is 0.468 e. The first-order chi connectivity index (χ1) is 10.7. The maximum absolute atomic E-state index is 12.0. The van der Waals surface area contributed by atoms with E-state index in [2.05, 4.69) is 12.1 Å². The number of thioether (sulfide) groups is 1. The number of rotatable bonds is 8. The molecule has 1 aromatic carbocycles. The Morgan fingerprint density at radius 1 is 1.32 bits per heavy atom. The average Bonchev–Trinajstić information content (AvgIpc) is 2.96. The number of unbranched alkanes of at least 4 members (excludes halogenated alkanes) is 1. The fourth-order valence-electron chi connectivity index (χ4n) is 2.24. The van der Waals surface area contributed by atoms with Crippen LogP contribution in [0.5, 0.6) is 5.75 Å². The first-order valence-corrected chi connectivity index (χ1v) is 8.78. The van der Waals surface area contributed by atoms with Crippen LogP contribution >= 0.6 is 24.0 Å². The van der Waals surface area contributed by atoms with E-state index < -0.39 is 0 Å². The van der Waals surface area contributed by atoms with Gasteiger partial charge in [0.25, 0.3) is 0 Å². The predicted octanol–water partition coefficient (Wildman–Crippen LogP) is 3.24. The summed E-state index contributed by atoms with van der Waals surface area (Å²) in [6.45, 7) is 1.03. The fraction of sp³-hybridized carbons (Fsp3) is 0.500. The van der Waals surface area contributed by atoms with Gasteiger partial charge in [-0.25, -0.2) is 0 Å². The van der Waals surface area contributed by atoms with Crippen LogP contribution in [0.1, 0.15) is 24.8 Å². The Morgan fingerprint density at radius 3 is 2.73 bits per heavy atom. The van der Waals surface area contributed by atoms with Crippen LogP contribution in [0, 0.1) is 0 Å². The van der Waals surface area contributed by atoms with Gasteiger partial charge in [0.05, 0.1) is 0 Å². The van der Waals surface area contributed by atoms with Crippen LogP contribution in [0.2, 0.25) is 0 Å². The zero-order valence-corrected chi connectivity index (χ0v) is 14.4. The van der Waals surface area contributed by atoms with E-state index in [0.717, 1.165) is 41.6 Å². The Hall–Kier alpha value is -1.11. The second-order valence-electron chi connectivity index (χ2n) is 5.06. The van der Waals surface area contributed by atoms with Crippen molar-refractivity contribution in [1.29, 1.82) is 0 Å². The molecule has 0 saturated carbocycles. The summed E-state index contributed by atoms with van der Waals surface area (Å²) in [7, 11) is 1.60. The van der Waals surface area contributed by atoms with Crippen LogP contribution in [-0.2, 0) is 16.0 Å². The third-order valence-corrected chi connectivity index (χ3v) is 4.86. The number of aryl methyl sites for hydroxylation is 1. The van der Waals surface area contributed by atoms with E-state index in [1.807, 2.05) is 12.1 Å². The summed E-state index contributed by atoms with van der Waals surface area (Å²) >= 11 is 6.75. The highest BCUT2D eigenvalue weighted by Gasteiger charge is 2.23. The number of carbonyl (C=O) groups is 1. The Kier molecular flexibility index (Phi) is 7.15. The maximum atomic E-state index is 12.0.